The second kappa shape index (κ2) is 5.50. The SMILES string of the molecule is CCC(C)[C@H](N)C(=O)NC(C)C1CCC1. The molecule has 1 amide bonds. The Kier molecular flexibility index (Phi) is 4.58. The molecule has 0 aromatic carbocycles. The van der Waals surface area contributed by atoms with Gasteiger partial charge in [-0.2, -0.15) is 0 Å². The zero-order valence-corrected chi connectivity index (χ0v) is 10.1. The van der Waals surface area contributed by atoms with Crippen LogP contribution in [0.5, 0.6) is 0 Å². The number of hydrogen-bond acceptors (Lipinski definition) is 2. The summed E-state index contributed by atoms with van der Waals surface area (Å²) in [4.78, 5) is 11.8. The van der Waals surface area contributed by atoms with Crippen molar-refractivity contribution in [2.45, 2.75) is 58.5 Å². The third-order valence-electron chi connectivity index (χ3n) is 3.79. The van der Waals surface area contributed by atoms with Gasteiger partial charge in [-0.3, -0.25) is 4.79 Å². The van der Waals surface area contributed by atoms with Gasteiger partial charge in [-0.1, -0.05) is 26.7 Å². The number of nitrogens with two attached hydrogens (primary N) is 1. The van der Waals surface area contributed by atoms with E-state index in [1.807, 2.05) is 6.92 Å². The summed E-state index contributed by atoms with van der Waals surface area (Å²) < 4.78 is 0. The van der Waals surface area contributed by atoms with E-state index in [9.17, 15) is 4.79 Å². The van der Waals surface area contributed by atoms with E-state index >= 15 is 0 Å². The molecule has 1 fully saturated rings. The van der Waals surface area contributed by atoms with Gasteiger partial charge in [0.15, 0.2) is 0 Å². The number of carbonyl (C=O) groups is 1. The van der Waals surface area contributed by atoms with E-state index in [2.05, 4.69) is 19.2 Å². The quantitative estimate of drug-likeness (QED) is 0.728. The first kappa shape index (κ1) is 12.5. The minimum absolute atomic E-state index is 0.0174. The summed E-state index contributed by atoms with van der Waals surface area (Å²) in [6.07, 6.45) is 4.76. The van der Waals surface area contributed by atoms with Gasteiger partial charge >= 0.3 is 0 Å². The van der Waals surface area contributed by atoms with Gasteiger partial charge in [0.2, 0.25) is 5.91 Å². The largest absolute Gasteiger partial charge is 0.352 e. The van der Waals surface area contributed by atoms with Crippen LogP contribution < -0.4 is 11.1 Å². The molecule has 0 aromatic rings. The van der Waals surface area contributed by atoms with Crippen LogP contribution >= 0.6 is 0 Å². The number of carbonyl (C=O) groups excluding carboxylic acids is 1. The molecule has 0 aromatic heterocycles. The highest BCUT2D eigenvalue weighted by atomic mass is 16.2. The zero-order valence-electron chi connectivity index (χ0n) is 10.1. The van der Waals surface area contributed by atoms with Gasteiger partial charge < -0.3 is 11.1 Å². The highest BCUT2D eigenvalue weighted by Crippen LogP contribution is 2.29. The molecule has 1 aliphatic carbocycles. The van der Waals surface area contributed by atoms with E-state index in [1.54, 1.807) is 0 Å². The fourth-order valence-corrected chi connectivity index (χ4v) is 1.89. The minimum atomic E-state index is -0.350. The summed E-state index contributed by atoms with van der Waals surface area (Å²) in [5.74, 6) is 0.959. The summed E-state index contributed by atoms with van der Waals surface area (Å²) in [6.45, 7) is 6.18. The van der Waals surface area contributed by atoms with Crippen molar-refractivity contribution in [2.75, 3.05) is 0 Å². The Balaban J connectivity index is 2.33. The first-order valence-electron chi connectivity index (χ1n) is 6.12. The lowest BCUT2D eigenvalue weighted by Gasteiger charge is -2.33. The Bertz CT molecular complexity index is 214. The van der Waals surface area contributed by atoms with Gasteiger partial charge in [0.25, 0.3) is 0 Å². The van der Waals surface area contributed by atoms with Gasteiger partial charge in [0, 0.05) is 6.04 Å². The molecule has 0 heterocycles. The van der Waals surface area contributed by atoms with Crippen molar-refractivity contribution in [1.82, 2.24) is 5.32 Å². The van der Waals surface area contributed by atoms with Crippen LogP contribution in [0, 0.1) is 11.8 Å². The maximum absolute atomic E-state index is 11.8. The minimum Gasteiger partial charge on any atom is -0.352 e. The van der Waals surface area contributed by atoms with E-state index < -0.39 is 0 Å². The van der Waals surface area contributed by atoms with E-state index in [0.29, 0.717) is 12.0 Å². The smallest absolute Gasteiger partial charge is 0.237 e. The summed E-state index contributed by atoms with van der Waals surface area (Å²) in [5, 5.41) is 3.03. The van der Waals surface area contributed by atoms with Gasteiger partial charge in [-0.25, -0.2) is 0 Å². The van der Waals surface area contributed by atoms with Gasteiger partial charge in [0.1, 0.15) is 0 Å². The fraction of sp³-hybridized carbons (Fsp3) is 0.917. The molecule has 0 bridgehead atoms. The molecular weight excluding hydrogens is 188 g/mol. The average Bonchev–Trinajstić information content (AvgIpc) is 2.12. The van der Waals surface area contributed by atoms with Crippen molar-refractivity contribution in [3.63, 3.8) is 0 Å². The normalized spacial score (nSPS) is 22.7. The van der Waals surface area contributed by atoms with Crippen molar-refractivity contribution in [1.29, 1.82) is 0 Å². The molecule has 88 valence electrons. The molecule has 0 radical (unpaired) electrons. The third-order valence-corrected chi connectivity index (χ3v) is 3.79. The Morgan fingerprint density at radius 3 is 2.47 bits per heavy atom. The van der Waals surface area contributed by atoms with Crippen LogP contribution in [0.4, 0.5) is 0 Å². The van der Waals surface area contributed by atoms with Crippen LogP contribution in [0.1, 0.15) is 46.5 Å². The summed E-state index contributed by atoms with van der Waals surface area (Å²) in [5.41, 5.74) is 5.87. The number of rotatable bonds is 5. The highest BCUT2D eigenvalue weighted by Gasteiger charge is 2.27. The van der Waals surface area contributed by atoms with E-state index in [0.717, 1.165) is 6.42 Å². The average molecular weight is 212 g/mol. The Labute approximate surface area is 92.8 Å². The molecule has 3 nitrogen and oxygen atoms in total. The predicted octanol–water partition coefficient (Wildman–Crippen LogP) is 1.66. The van der Waals surface area contributed by atoms with Crippen LogP contribution in [0.2, 0.25) is 0 Å². The Morgan fingerprint density at radius 1 is 1.47 bits per heavy atom. The maximum Gasteiger partial charge on any atom is 0.237 e. The summed E-state index contributed by atoms with van der Waals surface area (Å²) in [7, 11) is 0. The van der Waals surface area contributed by atoms with Crippen LogP contribution in [0.15, 0.2) is 0 Å². The van der Waals surface area contributed by atoms with Crippen molar-refractivity contribution in [3.8, 4) is 0 Å². The Hall–Kier alpha value is -0.570. The number of hydrogen-bond donors (Lipinski definition) is 2. The van der Waals surface area contributed by atoms with E-state index in [4.69, 9.17) is 5.73 Å². The lowest BCUT2D eigenvalue weighted by Crippen LogP contribution is -2.50. The van der Waals surface area contributed by atoms with Crippen molar-refractivity contribution < 1.29 is 4.79 Å². The van der Waals surface area contributed by atoms with Crippen LogP contribution in [-0.2, 0) is 4.79 Å². The molecule has 0 saturated heterocycles. The topological polar surface area (TPSA) is 55.1 Å². The molecule has 3 N–H and O–H groups in total. The van der Waals surface area contributed by atoms with Gasteiger partial charge in [0.05, 0.1) is 6.04 Å². The molecule has 0 spiro atoms. The molecule has 3 atom stereocenters. The van der Waals surface area contributed by atoms with Gasteiger partial charge in [-0.15, -0.1) is 0 Å². The van der Waals surface area contributed by atoms with E-state index in [1.165, 1.54) is 19.3 Å². The molecule has 0 aliphatic heterocycles. The van der Waals surface area contributed by atoms with Crippen molar-refractivity contribution in [3.05, 3.63) is 0 Å². The van der Waals surface area contributed by atoms with Crippen molar-refractivity contribution >= 4 is 5.91 Å². The number of nitrogens with one attached hydrogen (secondary N) is 1. The van der Waals surface area contributed by atoms with Crippen LogP contribution in [0.3, 0.4) is 0 Å². The first-order chi connectivity index (χ1) is 7.06. The van der Waals surface area contributed by atoms with E-state index in [-0.39, 0.29) is 17.9 Å². The predicted molar refractivity (Wildman–Crippen MR) is 62.4 cm³/mol. The molecule has 2 unspecified atom stereocenters. The molecule has 1 aliphatic rings. The molecule has 1 saturated carbocycles. The maximum atomic E-state index is 11.8. The lowest BCUT2D eigenvalue weighted by atomic mass is 9.80. The van der Waals surface area contributed by atoms with Gasteiger partial charge in [-0.05, 0) is 31.6 Å². The second-order valence-corrected chi connectivity index (χ2v) is 4.90. The summed E-state index contributed by atoms with van der Waals surface area (Å²) in [6, 6.07) is -0.0566. The monoisotopic (exact) mass is 212 g/mol. The number of amides is 1. The zero-order chi connectivity index (χ0) is 11.4. The standard InChI is InChI=1S/C12H24N2O/c1-4-8(2)11(13)12(15)14-9(3)10-6-5-7-10/h8-11H,4-7,13H2,1-3H3,(H,14,15)/t8?,9?,11-/m0/s1. The Morgan fingerprint density at radius 2 is 2.07 bits per heavy atom. The molecule has 1 rings (SSSR count). The van der Waals surface area contributed by atoms with Crippen LogP contribution in [-0.4, -0.2) is 18.0 Å². The third kappa shape index (κ3) is 3.20. The van der Waals surface area contributed by atoms with Crippen LogP contribution in [0.25, 0.3) is 0 Å². The van der Waals surface area contributed by atoms with Crippen molar-refractivity contribution in [2.24, 2.45) is 17.6 Å². The fourth-order valence-electron chi connectivity index (χ4n) is 1.89. The molecular formula is C12H24N2O. The lowest BCUT2D eigenvalue weighted by molar-refractivity contribution is -0.124. The molecule has 3 heteroatoms. The first-order valence-corrected chi connectivity index (χ1v) is 6.12. The molecule has 15 heavy (non-hydrogen) atoms. The highest BCUT2D eigenvalue weighted by molar-refractivity contribution is 5.82. The second-order valence-electron chi connectivity index (χ2n) is 4.90. The summed E-state index contributed by atoms with van der Waals surface area (Å²) >= 11 is 0.